The number of amides is 2. The molecular weight excluding hydrogens is 280 g/mol. The van der Waals surface area contributed by atoms with E-state index < -0.39 is 17.2 Å². The summed E-state index contributed by atoms with van der Waals surface area (Å²) in [7, 11) is 0. The first-order valence-electron chi connectivity index (χ1n) is 8.05. The smallest absolute Gasteiger partial charge is 0.407 e. The van der Waals surface area contributed by atoms with Gasteiger partial charge in [0.1, 0.15) is 5.60 Å². The molecule has 0 aromatic rings. The maximum absolute atomic E-state index is 12.2. The quantitative estimate of drug-likeness (QED) is 0.707. The molecule has 0 aromatic carbocycles. The van der Waals surface area contributed by atoms with Gasteiger partial charge in [0.05, 0.1) is 5.54 Å². The number of allylic oxidation sites excluding steroid dienone is 1. The van der Waals surface area contributed by atoms with Gasteiger partial charge >= 0.3 is 6.09 Å². The van der Waals surface area contributed by atoms with Crippen LogP contribution in [0.3, 0.4) is 0 Å². The summed E-state index contributed by atoms with van der Waals surface area (Å²) in [4.78, 5) is 24.0. The lowest BCUT2D eigenvalue weighted by atomic mass is 9.92. The molecule has 0 radical (unpaired) electrons. The first-order valence-corrected chi connectivity index (χ1v) is 8.05. The molecule has 0 atom stereocenters. The third-order valence-corrected chi connectivity index (χ3v) is 3.57. The highest BCUT2D eigenvalue weighted by atomic mass is 16.6. The molecule has 0 aromatic heterocycles. The van der Waals surface area contributed by atoms with E-state index in [-0.39, 0.29) is 5.91 Å². The number of carbonyl (C=O) groups excluding carboxylic acids is 2. The zero-order valence-electron chi connectivity index (χ0n) is 15.1. The highest BCUT2D eigenvalue weighted by Gasteiger charge is 2.29. The van der Waals surface area contributed by atoms with Crippen molar-refractivity contribution in [1.29, 1.82) is 0 Å². The zero-order valence-corrected chi connectivity index (χ0v) is 15.1. The Labute approximate surface area is 134 Å². The Morgan fingerprint density at radius 2 is 1.64 bits per heavy atom. The summed E-state index contributed by atoms with van der Waals surface area (Å²) >= 11 is 0. The van der Waals surface area contributed by atoms with Gasteiger partial charge in [0.2, 0.25) is 5.91 Å². The van der Waals surface area contributed by atoms with Crippen LogP contribution >= 0.6 is 0 Å². The molecule has 0 fully saturated rings. The number of hydrogen-bond donors (Lipinski definition) is 2. The Bertz CT molecular complexity index is 405. The summed E-state index contributed by atoms with van der Waals surface area (Å²) in [6.45, 7) is 13.6. The van der Waals surface area contributed by atoms with Crippen molar-refractivity contribution in [1.82, 2.24) is 10.6 Å². The van der Waals surface area contributed by atoms with Gasteiger partial charge in [0, 0.05) is 12.1 Å². The van der Waals surface area contributed by atoms with Crippen LogP contribution in [0.4, 0.5) is 4.79 Å². The van der Waals surface area contributed by atoms with E-state index in [0.717, 1.165) is 19.3 Å². The molecule has 0 heterocycles. The van der Waals surface area contributed by atoms with Crippen LogP contribution in [0.15, 0.2) is 11.6 Å². The van der Waals surface area contributed by atoms with E-state index in [1.807, 2.05) is 47.6 Å². The number of carbonyl (C=O) groups is 2. The molecule has 5 nitrogen and oxygen atoms in total. The van der Waals surface area contributed by atoms with E-state index in [9.17, 15) is 9.59 Å². The highest BCUT2D eigenvalue weighted by molar-refractivity contribution is 5.93. The summed E-state index contributed by atoms with van der Waals surface area (Å²) < 4.78 is 5.24. The van der Waals surface area contributed by atoms with Gasteiger partial charge in [-0.25, -0.2) is 4.79 Å². The van der Waals surface area contributed by atoms with Crippen LogP contribution in [0.1, 0.15) is 67.7 Å². The zero-order chi connectivity index (χ0) is 17.4. The van der Waals surface area contributed by atoms with Gasteiger partial charge in [-0.15, -0.1) is 0 Å². The van der Waals surface area contributed by atoms with Crippen LogP contribution in [-0.4, -0.2) is 29.7 Å². The van der Waals surface area contributed by atoms with Crippen LogP contribution in [0, 0.1) is 0 Å². The lowest BCUT2D eigenvalue weighted by molar-refractivity contribution is -0.119. The number of rotatable bonds is 7. The van der Waals surface area contributed by atoms with Crippen molar-refractivity contribution >= 4 is 12.0 Å². The molecule has 5 heteroatoms. The first-order chi connectivity index (χ1) is 10.1. The van der Waals surface area contributed by atoms with Gasteiger partial charge < -0.3 is 15.4 Å². The molecule has 0 saturated heterocycles. The van der Waals surface area contributed by atoms with Crippen LogP contribution in [0.5, 0.6) is 0 Å². The maximum atomic E-state index is 12.2. The summed E-state index contributed by atoms with van der Waals surface area (Å²) in [6, 6.07) is 0. The SMILES string of the molecule is CC/C=C(/C)C(=O)NC(CC)(CC)CNC(=O)OC(C)(C)C. The number of alkyl carbamates (subject to hydrolysis) is 1. The maximum Gasteiger partial charge on any atom is 0.407 e. The average molecular weight is 312 g/mol. The van der Waals surface area contributed by atoms with E-state index in [1.165, 1.54) is 0 Å². The van der Waals surface area contributed by atoms with Gasteiger partial charge in [0.15, 0.2) is 0 Å². The molecular formula is C17H32N2O3. The third-order valence-electron chi connectivity index (χ3n) is 3.57. The van der Waals surface area contributed by atoms with Crippen molar-refractivity contribution in [2.75, 3.05) is 6.54 Å². The lowest BCUT2D eigenvalue weighted by Crippen LogP contribution is -2.55. The number of ether oxygens (including phenoxy) is 1. The highest BCUT2D eigenvalue weighted by Crippen LogP contribution is 2.16. The van der Waals surface area contributed by atoms with E-state index >= 15 is 0 Å². The molecule has 2 N–H and O–H groups in total. The van der Waals surface area contributed by atoms with E-state index in [2.05, 4.69) is 10.6 Å². The van der Waals surface area contributed by atoms with Crippen molar-refractivity contribution < 1.29 is 14.3 Å². The fourth-order valence-electron chi connectivity index (χ4n) is 2.01. The average Bonchev–Trinajstić information content (AvgIpc) is 2.41. The molecule has 128 valence electrons. The molecule has 0 aliphatic carbocycles. The van der Waals surface area contributed by atoms with Crippen molar-refractivity contribution in [3.8, 4) is 0 Å². The van der Waals surface area contributed by atoms with E-state index in [0.29, 0.717) is 12.1 Å². The van der Waals surface area contributed by atoms with Crippen LogP contribution in [0.25, 0.3) is 0 Å². The Kier molecular flexibility index (Phi) is 8.20. The van der Waals surface area contributed by atoms with Crippen LogP contribution in [0.2, 0.25) is 0 Å². The standard InChI is InChI=1S/C17H32N2O3/c1-8-11-13(4)14(20)19-17(9-2,10-3)12-18-15(21)22-16(5,6)7/h11H,8-10,12H2,1-7H3,(H,18,21)(H,19,20)/b13-11-. The number of hydrogen-bond acceptors (Lipinski definition) is 3. The van der Waals surface area contributed by atoms with Crippen molar-refractivity contribution in [2.24, 2.45) is 0 Å². The Morgan fingerprint density at radius 1 is 1.09 bits per heavy atom. The van der Waals surface area contributed by atoms with E-state index in [4.69, 9.17) is 4.74 Å². The van der Waals surface area contributed by atoms with Crippen LogP contribution in [-0.2, 0) is 9.53 Å². The molecule has 0 aliphatic rings. The van der Waals surface area contributed by atoms with E-state index in [1.54, 1.807) is 6.92 Å². The molecule has 0 rings (SSSR count). The third kappa shape index (κ3) is 7.48. The predicted molar refractivity (Wildman–Crippen MR) is 89.7 cm³/mol. The van der Waals surface area contributed by atoms with Crippen molar-refractivity contribution in [3.05, 3.63) is 11.6 Å². The first kappa shape index (κ1) is 20.5. The van der Waals surface area contributed by atoms with Crippen molar-refractivity contribution in [2.45, 2.75) is 78.9 Å². The fraction of sp³-hybridized carbons (Fsp3) is 0.765. The monoisotopic (exact) mass is 312 g/mol. The second kappa shape index (κ2) is 8.81. The Morgan fingerprint density at radius 3 is 2.05 bits per heavy atom. The molecule has 0 saturated carbocycles. The number of nitrogens with one attached hydrogen (secondary N) is 2. The van der Waals surface area contributed by atoms with Gasteiger partial charge in [-0.1, -0.05) is 26.8 Å². The predicted octanol–water partition coefficient (Wildman–Crippen LogP) is 3.54. The second-order valence-corrected chi connectivity index (χ2v) is 6.59. The summed E-state index contributed by atoms with van der Waals surface area (Å²) in [5.74, 6) is -0.0865. The van der Waals surface area contributed by atoms with Crippen LogP contribution < -0.4 is 10.6 Å². The Balaban J connectivity index is 4.79. The molecule has 22 heavy (non-hydrogen) atoms. The molecule has 0 aliphatic heterocycles. The summed E-state index contributed by atoms with van der Waals surface area (Å²) in [5.41, 5.74) is -0.294. The Hall–Kier alpha value is -1.52. The van der Waals surface area contributed by atoms with Gasteiger partial charge in [-0.05, 0) is 47.0 Å². The second-order valence-electron chi connectivity index (χ2n) is 6.59. The van der Waals surface area contributed by atoms with Gasteiger partial charge in [0.25, 0.3) is 0 Å². The normalized spacial score (nSPS) is 12.8. The summed E-state index contributed by atoms with van der Waals surface area (Å²) in [5, 5.41) is 5.82. The van der Waals surface area contributed by atoms with Gasteiger partial charge in [-0.2, -0.15) is 0 Å². The lowest BCUT2D eigenvalue weighted by Gasteiger charge is -2.33. The van der Waals surface area contributed by atoms with Gasteiger partial charge in [-0.3, -0.25) is 4.79 Å². The molecule has 0 spiro atoms. The minimum Gasteiger partial charge on any atom is -0.444 e. The fourth-order valence-corrected chi connectivity index (χ4v) is 2.01. The topological polar surface area (TPSA) is 67.4 Å². The van der Waals surface area contributed by atoms with Crippen molar-refractivity contribution in [3.63, 3.8) is 0 Å². The molecule has 0 bridgehead atoms. The minimum atomic E-state index is -0.533. The molecule has 0 unspecified atom stereocenters. The summed E-state index contributed by atoms with van der Waals surface area (Å²) in [6.07, 6.45) is 3.70. The largest absolute Gasteiger partial charge is 0.444 e. The molecule has 2 amide bonds. The minimum absolute atomic E-state index is 0.0865.